The first kappa shape index (κ1) is 14.5. The zero-order valence-corrected chi connectivity index (χ0v) is 13.8. The Balaban J connectivity index is 1.88. The molecule has 0 saturated carbocycles. The predicted octanol–water partition coefficient (Wildman–Crippen LogP) is 1.94. The minimum atomic E-state index is 0.570. The van der Waals surface area contributed by atoms with Crippen LogP contribution in [0.5, 0.6) is 0 Å². The number of halogens is 1. The lowest BCUT2D eigenvalue weighted by atomic mass is 10.2. The average molecular weight is 351 g/mol. The molecule has 0 amide bonds. The van der Waals surface area contributed by atoms with Crippen molar-refractivity contribution >= 4 is 39.6 Å². The van der Waals surface area contributed by atoms with Crippen molar-refractivity contribution in [1.29, 1.82) is 5.41 Å². The van der Waals surface area contributed by atoms with E-state index in [-0.39, 0.29) is 0 Å². The van der Waals surface area contributed by atoms with Crippen LogP contribution >= 0.6 is 15.9 Å². The third-order valence-corrected chi connectivity index (χ3v) is 4.52. The maximum atomic E-state index is 7.64. The molecule has 7 heteroatoms. The fourth-order valence-corrected chi connectivity index (χ4v) is 3.12. The predicted molar refractivity (Wildman–Crippen MR) is 88.8 cm³/mol. The first-order valence-corrected chi connectivity index (χ1v) is 7.79. The van der Waals surface area contributed by atoms with E-state index in [2.05, 4.69) is 44.8 Å². The van der Waals surface area contributed by atoms with E-state index in [1.165, 1.54) is 6.34 Å². The maximum absolute atomic E-state index is 7.64. The van der Waals surface area contributed by atoms with E-state index in [1.807, 2.05) is 11.0 Å². The second-order valence-corrected chi connectivity index (χ2v) is 6.55. The summed E-state index contributed by atoms with van der Waals surface area (Å²) in [5, 5.41) is 7.64. The Bertz CT molecular complexity index is 585. The monoisotopic (exact) mass is 350 g/mol. The van der Waals surface area contributed by atoms with E-state index in [0.29, 0.717) is 18.4 Å². The number of nitrogens with zero attached hydrogens (tertiary/aromatic N) is 5. The van der Waals surface area contributed by atoms with Gasteiger partial charge in [-0.2, -0.15) is 0 Å². The summed E-state index contributed by atoms with van der Waals surface area (Å²) in [7, 11) is 4.24. The maximum Gasteiger partial charge on any atom is 0.178 e. The average Bonchev–Trinajstić information content (AvgIpc) is 2.96. The van der Waals surface area contributed by atoms with Gasteiger partial charge in [0.15, 0.2) is 5.82 Å². The molecule has 1 unspecified atom stereocenters. The number of amidine groups is 1. The van der Waals surface area contributed by atoms with Crippen LogP contribution in [0.25, 0.3) is 0 Å². The first-order chi connectivity index (χ1) is 10.1. The normalized spacial score (nSPS) is 21.5. The molecule has 21 heavy (non-hydrogen) atoms. The number of aromatic nitrogens is 1. The molecule has 3 rings (SSSR count). The van der Waals surface area contributed by atoms with Gasteiger partial charge in [0.25, 0.3) is 0 Å². The zero-order chi connectivity index (χ0) is 15.0. The van der Waals surface area contributed by atoms with Gasteiger partial charge in [0.1, 0.15) is 5.84 Å². The number of anilines is 1. The van der Waals surface area contributed by atoms with Crippen LogP contribution in [0.15, 0.2) is 21.7 Å². The van der Waals surface area contributed by atoms with Gasteiger partial charge < -0.3 is 14.7 Å². The van der Waals surface area contributed by atoms with Crippen molar-refractivity contribution in [1.82, 2.24) is 14.8 Å². The number of rotatable bonds is 2. The third kappa shape index (κ3) is 2.80. The van der Waals surface area contributed by atoms with Gasteiger partial charge in [-0.15, -0.1) is 0 Å². The highest BCUT2D eigenvalue weighted by Gasteiger charge is 2.29. The molecule has 1 N–H and O–H groups in total. The molecule has 1 fully saturated rings. The van der Waals surface area contributed by atoms with E-state index in [1.54, 1.807) is 6.20 Å². The number of likely N-dealkylation sites (N-methyl/N-ethyl adjacent to an activating group) is 1. The smallest absolute Gasteiger partial charge is 0.178 e. The Kier molecular flexibility index (Phi) is 3.95. The summed E-state index contributed by atoms with van der Waals surface area (Å²) in [4.78, 5) is 15.5. The lowest BCUT2D eigenvalue weighted by Crippen LogP contribution is -2.42. The first-order valence-electron chi connectivity index (χ1n) is 7.00. The number of likely N-dealkylation sites (tertiary alicyclic amines) is 1. The third-order valence-electron chi connectivity index (χ3n) is 4.08. The number of hydrogen-bond donors (Lipinski definition) is 1. The van der Waals surface area contributed by atoms with Crippen LogP contribution in [-0.4, -0.2) is 66.7 Å². The molecule has 0 radical (unpaired) electrons. The number of pyridine rings is 1. The molecule has 6 nitrogen and oxygen atoms in total. The van der Waals surface area contributed by atoms with E-state index in [9.17, 15) is 0 Å². The summed E-state index contributed by atoms with van der Waals surface area (Å²) in [6.45, 7) is 2.64. The lowest BCUT2D eigenvalue weighted by Gasteiger charge is -2.31. The topological polar surface area (TPSA) is 58.8 Å². The quantitative estimate of drug-likeness (QED) is 0.654. The highest BCUT2D eigenvalue weighted by Crippen LogP contribution is 2.32. The second kappa shape index (κ2) is 5.73. The van der Waals surface area contributed by atoms with Crippen molar-refractivity contribution in [2.75, 3.05) is 38.6 Å². The van der Waals surface area contributed by atoms with Crippen molar-refractivity contribution in [3.63, 3.8) is 0 Å². The summed E-state index contributed by atoms with van der Waals surface area (Å²) in [5.41, 5.74) is 0.881. The van der Waals surface area contributed by atoms with E-state index in [4.69, 9.17) is 10.4 Å². The molecule has 2 aliphatic heterocycles. The highest BCUT2D eigenvalue weighted by molar-refractivity contribution is 9.10. The van der Waals surface area contributed by atoms with Crippen molar-refractivity contribution in [3.8, 4) is 0 Å². The molecule has 112 valence electrons. The number of nitrogens with one attached hydrogen (secondary N) is 1. The van der Waals surface area contributed by atoms with Crippen LogP contribution in [-0.2, 0) is 0 Å². The van der Waals surface area contributed by atoms with Crippen molar-refractivity contribution < 1.29 is 0 Å². The molecule has 0 bridgehead atoms. The molecular formula is C14H19BrN6. The van der Waals surface area contributed by atoms with Crippen LogP contribution in [0.1, 0.15) is 6.42 Å². The van der Waals surface area contributed by atoms with Gasteiger partial charge >= 0.3 is 0 Å². The van der Waals surface area contributed by atoms with Crippen molar-refractivity contribution in [2.24, 2.45) is 4.99 Å². The van der Waals surface area contributed by atoms with Crippen molar-refractivity contribution in [2.45, 2.75) is 12.5 Å². The molecule has 0 aliphatic carbocycles. The van der Waals surface area contributed by atoms with Crippen LogP contribution in [0.4, 0.5) is 11.5 Å². The van der Waals surface area contributed by atoms with Crippen LogP contribution < -0.4 is 4.90 Å². The van der Waals surface area contributed by atoms with Gasteiger partial charge in [0, 0.05) is 29.8 Å². The lowest BCUT2D eigenvalue weighted by molar-refractivity contribution is 0.300. The molecule has 1 saturated heterocycles. The Morgan fingerprint density at radius 2 is 2.29 bits per heavy atom. The largest absolute Gasteiger partial charge is 0.357 e. The van der Waals surface area contributed by atoms with E-state index < -0.39 is 0 Å². The van der Waals surface area contributed by atoms with E-state index in [0.717, 1.165) is 35.5 Å². The molecule has 1 aromatic rings. The number of fused-ring (bicyclic) bond motifs is 1. The molecule has 0 aromatic carbocycles. The fourth-order valence-electron chi connectivity index (χ4n) is 2.80. The molecule has 1 aromatic heterocycles. The van der Waals surface area contributed by atoms with Gasteiger partial charge in [-0.05, 0) is 42.5 Å². The van der Waals surface area contributed by atoms with Crippen molar-refractivity contribution in [3.05, 3.63) is 16.7 Å². The van der Waals surface area contributed by atoms with Gasteiger partial charge in [-0.25, -0.2) is 9.98 Å². The minimum Gasteiger partial charge on any atom is -0.357 e. The summed E-state index contributed by atoms with van der Waals surface area (Å²) < 4.78 is 0.903. The van der Waals surface area contributed by atoms with Crippen LogP contribution in [0, 0.1) is 5.41 Å². The van der Waals surface area contributed by atoms with Crippen LogP contribution in [0.3, 0.4) is 0 Å². The summed E-state index contributed by atoms with van der Waals surface area (Å²) in [5.74, 6) is 1.70. The Morgan fingerprint density at radius 3 is 2.95 bits per heavy atom. The summed E-state index contributed by atoms with van der Waals surface area (Å²) in [6.07, 6.45) is 4.25. The molecule has 3 heterocycles. The van der Waals surface area contributed by atoms with E-state index >= 15 is 0 Å². The molecule has 2 aliphatic rings. The summed E-state index contributed by atoms with van der Waals surface area (Å²) >= 11 is 3.42. The fraction of sp³-hybridized carbons (Fsp3) is 0.500. The minimum absolute atomic E-state index is 0.570. The highest BCUT2D eigenvalue weighted by atomic mass is 79.9. The Morgan fingerprint density at radius 1 is 1.48 bits per heavy atom. The van der Waals surface area contributed by atoms with Gasteiger partial charge in [0.2, 0.25) is 0 Å². The molecular weight excluding hydrogens is 332 g/mol. The Labute approximate surface area is 133 Å². The zero-order valence-electron chi connectivity index (χ0n) is 12.3. The van der Waals surface area contributed by atoms with Gasteiger partial charge in [0.05, 0.1) is 18.6 Å². The standard InChI is InChI=1S/C14H19BrN6/c1-19(2)11-3-4-20(7-11)13-8-21(9-16)12-5-10(15)6-17-14(12)18-13/h5-6,9,11,16H,3-4,7-8H2,1-2H3. The number of aliphatic imine (C=N–C) groups is 1. The SMILES string of the molecule is CN(C)C1CCN(C2=Nc3ncc(Br)cc3N(C=N)C2)C1. The molecule has 1 atom stereocenters. The van der Waals surface area contributed by atoms with Gasteiger partial charge in [-0.3, -0.25) is 5.41 Å². The second-order valence-electron chi connectivity index (χ2n) is 5.63. The Hall–Kier alpha value is -1.47. The van der Waals surface area contributed by atoms with Crippen LogP contribution in [0.2, 0.25) is 0 Å². The molecule has 0 spiro atoms. The number of hydrogen-bond acceptors (Lipinski definition) is 5. The summed E-state index contributed by atoms with van der Waals surface area (Å²) in [6, 6.07) is 2.53. The van der Waals surface area contributed by atoms with Gasteiger partial charge in [-0.1, -0.05) is 0 Å².